The standard InChI is InChI=1S/C15H22N2O3/c1-3-5-11-8-10(15(18)19)9-14(16-11)17-12-6-4-7-13(12)20-2/h8-9,12-13H,3-7H2,1-2H3,(H,16,17)(H,18,19). The Bertz CT molecular complexity index is 476. The molecular weight excluding hydrogens is 256 g/mol. The fourth-order valence-corrected chi connectivity index (χ4v) is 2.73. The molecule has 0 radical (unpaired) electrons. The Morgan fingerprint density at radius 3 is 2.95 bits per heavy atom. The van der Waals surface area contributed by atoms with Gasteiger partial charge in [0.25, 0.3) is 0 Å². The second-order valence-electron chi connectivity index (χ2n) is 5.24. The van der Waals surface area contributed by atoms with E-state index >= 15 is 0 Å². The lowest BCUT2D eigenvalue weighted by molar-refractivity contribution is 0.0696. The Kier molecular flexibility index (Phi) is 4.95. The molecule has 1 heterocycles. The SMILES string of the molecule is CCCc1cc(C(=O)O)cc(NC2CCCC2OC)n1. The van der Waals surface area contributed by atoms with Gasteiger partial charge >= 0.3 is 5.97 Å². The number of pyridine rings is 1. The summed E-state index contributed by atoms with van der Waals surface area (Å²) in [5.74, 6) is -0.273. The third-order valence-corrected chi connectivity index (χ3v) is 3.72. The van der Waals surface area contributed by atoms with Crippen molar-refractivity contribution in [1.82, 2.24) is 4.98 Å². The van der Waals surface area contributed by atoms with Gasteiger partial charge in [-0.25, -0.2) is 9.78 Å². The molecule has 20 heavy (non-hydrogen) atoms. The number of rotatable bonds is 6. The summed E-state index contributed by atoms with van der Waals surface area (Å²) in [6.07, 6.45) is 5.10. The number of hydrogen-bond donors (Lipinski definition) is 2. The number of hydrogen-bond acceptors (Lipinski definition) is 4. The van der Waals surface area contributed by atoms with Gasteiger partial charge in [0.15, 0.2) is 0 Å². The molecule has 0 aromatic carbocycles. The van der Waals surface area contributed by atoms with Crippen LogP contribution in [0.5, 0.6) is 0 Å². The zero-order valence-electron chi connectivity index (χ0n) is 12.1. The van der Waals surface area contributed by atoms with Crippen LogP contribution in [-0.2, 0) is 11.2 Å². The average Bonchev–Trinajstić information content (AvgIpc) is 2.86. The van der Waals surface area contributed by atoms with Gasteiger partial charge in [-0.3, -0.25) is 0 Å². The molecule has 1 aromatic heterocycles. The molecule has 2 N–H and O–H groups in total. The number of ether oxygens (including phenoxy) is 1. The van der Waals surface area contributed by atoms with Crippen LogP contribution < -0.4 is 5.32 Å². The highest BCUT2D eigenvalue weighted by Gasteiger charge is 2.27. The molecule has 2 atom stereocenters. The van der Waals surface area contributed by atoms with Crippen molar-refractivity contribution < 1.29 is 14.6 Å². The molecular formula is C15H22N2O3. The van der Waals surface area contributed by atoms with Crippen molar-refractivity contribution >= 4 is 11.8 Å². The Morgan fingerprint density at radius 1 is 1.50 bits per heavy atom. The molecule has 1 saturated carbocycles. The van der Waals surface area contributed by atoms with Crippen molar-refractivity contribution in [3.05, 3.63) is 23.4 Å². The van der Waals surface area contributed by atoms with E-state index in [-0.39, 0.29) is 17.7 Å². The molecule has 1 fully saturated rings. The topological polar surface area (TPSA) is 71.5 Å². The number of methoxy groups -OCH3 is 1. The first kappa shape index (κ1) is 14.8. The fraction of sp³-hybridized carbons (Fsp3) is 0.600. The highest BCUT2D eigenvalue weighted by molar-refractivity contribution is 5.88. The van der Waals surface area contributed by atoms with E-state index in [2.05, 4.69) is 17.2 Å². The van der Waals surface area contributed by atoms with E-state index in [0.29, 0.717) is 5.82 Å². The van der Waals surface area contributed by atoms with Gasteiger partial charge < -0.3 is 15.2 Å². The molecule has 0 amide bonds. The summed E-state index contributed by atoms with van der Waals surface area (Å²) < 4.78 is 5.44. The van der Waals surface area contributed by atoms with E-state index in [9.17, 15) is 9.90 Å². The van der Waals surface area contributed by atoms with Crippen molar-refractivity contribution in [2.45, 2.75) is 51.2 Å². The van der Waals surface area contributed by atoms with Gasteiger partial charge in [-0.2, -0.15) is 0 Å². The molecule has 0 spiro atoms. The highest BCUT2D eigenvalue weighted by atomic mass is 16.5. The largest absolute Gasteiger partial charge is 0.478 e. The number of nitrogens with one attached hydrogen (secondary N) is 1. The Morgan fingerprint density at radius 2 is 2.30 bits per heavy atom. The first-order chi connectivity index (χ1) is 9.63. The molecule has 0 aliphatic heterocycles. The van der Waals surface area contributed by atoms with Crippen molar-refractivity contribution in [3.63, 3.8) is 0 Å². The van der Waals surface area contributed by atoms with Crippen LogP contribution in [0.25, 0.3) is 0 Å². The minimum Gasteiger partial charge on any atom is -0.478 e. The number of aryl methyl sites for hydroxylation is 1. The quantitative estimate of drug-likeness (QED) is 0.837. The van der Waals surface area contributed by atoms with Gasteiger partial charge in [0, 0.05) is 12.8 Å². The van der Waals surface area contributed by atoms with E-state index in [4.69, 9.17) is 4.74 Å². The summed E-state index contributed by atoms with van der Waals surface area (Å²) in [4.78, 5) is 15.7. The van der Waals surface area contributed by atoms with Crippen LogP contribution in [0.15, 0.2) is 12.1 Å². The molecule has 1 aliphatic carbocycles. The lowest BCUT2D eigenvalue weighted by atomic mass is 10.1. The van der Waals surface area contributed by atoms with Gasteiger partial charge in [0.1, 0.15) is 5.82 Å². The van der Waals surface area contributed by atoms with Crippen LogP contribution >= 0.6 is 0 Å². The summed E-state index contributed by atoms with van der Waals surface area (Å²) >= 11 is 0. The molecule has 5 nitrogen and oxygen atoms in total. The van der Waals surface area contributed by atoms with E-state index in [1.165, 1.54) is 0 Å². The molecule has 0 saturated heterocycles. The maximum absolute atomic E-state index is 11.2. The van der Waals surface area contributed by atoms with E-state index < -0.39 is 5.97 Å². The van der Waals surface area contributed by atoms with Crippen molar-refractivity contribution in [3.8, 4) is 0 Å². The first-order valence-electron chi connectivity index (χ1n) is 7.17. The molecule has 1 aliphatic rings. The smallest absolute Gasteiger partial charge is 0.335 e. The average molecular weight is 278 g/mol. The summed E-state index contributed by atoms with van der Waals surface area (Å²) in [5, 5.41) is 12.5. The summed E-state index contributed by atoms with van der Waals surface area (Å²) in [6.45, 7) is 2.06. The number of anilines is 1. The van der Waals surface area contributed by atoms with Gasteiger partial charge in [0.2, 0.25) is 0 Å². The van der Waals surface area contributed by atoms with Crippen LogP contribution in [0.3, 0.4) is 0 Å². The van der Waals surface area contributed by atoms with Crippen LogP contribution in [0.1, 0.15) is 48.7 Å². The third kappa shape index (κ3) is 3.48. The monoisotopic (exact) mass is 278 g/mol. The predicted molar refractivity (Wildman–Crippen MR) is 77.3 cm³/mol. The number of carboxylic acids is 1. The Balaban J connectivity index is 2.19. The zero-order chi connectivity index (χ0) is 14.5. The summed E-state index contributed by atoms with van der Waals surface area (Å²) in [6, 6.07) is 3.47. The second-order valence-corrected chi connectivity index (χ2v) is 5.24. The number of nitrogens with zero attached hydrogens (tertiary/aromatic N) is 1. The minimum atomic E-state index is -0.914. The van der Waals surface area contributed by atoms with Crippen LogP contribution in [-0.4, -0.2) is 35.3 Å². The molecule has 110 valence electrons. The fourth-order valence-electron chi connectivity index (χ4n) is 2.73. The number of aromatic nitrogens is 1. The number of carbonyl (C=O) groups is 1. The number of carboxylic acid groups (broad SMARTS) is 1. The molecule has 1 aromatic rings. The van der Waals surface area contributed by atoms with Crippen LogP contribution in [0, 0.1) is 0 Å². The Labute approximate surface area is 119 Å². The minimum absolute atomic E-state index is 0.180. The zero-order valence-corrected chi connectivity index (χ0v) is 12.1. The normalized spacial score (nSPS) is 21.9. The Hall–Kier alpha value is -1.62. The lowest BCUT2D eigenvalue weighted by Gasteiger charge is -2.20. The molecule has 2 rings (SSSR count). The van der Waals surface area contributed by atoms with Gasteiger partial charge in [-0.05, 0) is 37.8 Å². The maximum Gasteiger partial charge on any atom is 0.335 e. The maximum atomic E-state index is 11.2. The van der Waals surface area contributed by atoms with Crippen molar-refractivity contribution in [1.29, 1.82) is 0 Å². The van der Waals surface area contributed by atoms with E-state index in [1.807, 2.05) is 0 Å². The van der Waals surface area contributed by atoms with Crippen LogP contribution in [0.4, 0.5) is 5.82 Å². The third-order valence-electron chi connectivity index (χ3n) is 3.72. The van der Waals surface area contributed by atoms with Gasteiger partial charge in [-0.1, -0.05) is 13.3 Å². The summed E-state index contributed by atoms with van der Waals surface area (Å²) in [7, 11) is 1.72. The van der Waals surface area contributed by atoms with Crippen molar-refractivity contribution in [2.75, 3.05) is 12.4 Å². The molecule has 2 unspecified atom stereocenters. The first-order valence-corrected chi connectivity index (χ1v) is 7.17. The van der Waals surface area contributed by atoms with Gasteiger partial charge in [0.05, 0.1) is 17.7 Å². The molecule has 5 heteroatoms. The molecule has 0 bridgehead atoms. The lowest BCUT2D eigenvalue weighted by Crippen LogP contribution is -2.30. The second kappa shape index (κ2) is 6.70. The summed E-state index contributed by atoms with van der Waals surface area (Å²) in [5.41, 5.74) is 1.11. The van der Waals surface area contributed by atoms with E-state index in [0.717, 1.165) is 37.8 Å². The number of aromatic carboxylic acids is 1. The highest BCUT2D eigenvalue weighted by Crippen LogP contribution is 2.25. The van der Waals surface area contributed by atoms with Gasteiger partial charge in [-0.15, -0.1) is 0 Å². The predicted octanol–water partition coefficient (Wildman–Crippen LogP) is 2.71. The van der Waals surface area contributed by atoms with E-state index in [1.54, 1.807) is 19.2 Å². The van der Waals surface area contributed by atoms with Crippen molar-refractivity contribution in [2.24, 2.45) is 0 Å². The van der Waals surface area contributed by atoms with Crippen LogP contribution in [0.2, 0.25) is 0 Å².